The van der Waals surface area contributed by atoms with Gasteiger partial charge < -0.3 is 5.73 Å². The Kier molecular flexibility index (Phi) is 2.11. The number of anilines is 1. The second-order valence-corrected chi connectivity index (χ2v) is 4.13. The van der Waals surface area contributed by atoms with E-state index >= 15 is 0 Å². The first-order valence-corrected chi connectivity index (χ1v) is 5.07. The van der Waals surface area contributed by atoms with Crippen molar-refractivity contribution in [2.24, 2.45) is 0 Å². The van der Waals surface area contributed by atoms with E-state index in [9.17, 15) is 0 Å². The van der Waals surface area contributed by atoms with Crippen molar-refractivity contribution in [2.75, 3.05) is 5.73 Å². The maximum atomic E-state index is 5.83. The third kappa shape index (κ3) is 1.37. The molecule has 2 nitrogen and oxygen atoms in total. The molecular formula is C10H9IN2. The SMILES string of the molecule is Cc1c(I)ccc2c(N)ccnc12. The molecule has 0 aliphatic carbocycles. The molecule has 0 aliphatic heterocycles. The molecule has 13 heavy (non-hydrogen) atoms. The summed E-state index contributed by atoms with van der Waals surface area (Å²) in [4.78, 5) is 4.32. The number of fused-ring (bicyclic) bond motifs is 1. The average Bonchev–Trinajstić information content (AvgIpc) is 2.12. The number of rotatable bonds is 0. The van der Waals surface area contributed by atoms with Crippen LogP contribution >= 0.6 is 22.6 Å². The normalized spacial score (nSPS) is 10.6. The van der Waals surface area contributed by atoms with E-state index in [0.29, 0.717) is 0 Å². The van der Waals surface area contributed by atoms with E-state index in [4.69, 9.17) is 5.73 Å². The second-order valence-electron chi connectivity index (χ2n) is 2.97. The van der Waals surface area contributed by atoms with Gasteiger partial charge in [0.1, 0.15) is 0 Å². The Morgan fingerprint density at radius 3 is 2.85 bits per heavy atom. The molecule has 3 heteroatoms. The third-order valence-corrected chi connectivity index (χ3v) is 3.30. The molecule has 0 spiro atoms. The Labute approximate surface area is 90.3 Å². The summed E-state index contributed by atoms with van der Waals surface area (Å²) in [6.07, 6.45) is 1.75. The van der Waals surface area contributed by atoms with E-state index in [-0.39, 0.29) is 0 Å². The Bertz CT molecular complexity index is 466. The zero-order valence-corrected chi connectivity index (χ0v) is 9.37. The lowest BCUT2D eigenvalue weighted by molar-refractivity contribution is 1.35. The Hall–Kier alpha value is -0.840. The third-order valence-electron chi connectivity index (χ3n) is 2.13. The van der Waals surface area contributed by atoms with Crippen molar-refractivity contribution in [1.82, 2.24) is 4.98 Å². The Balaban J connectivity index is 2.94. The van der Waals surface area contributed by atoms with Crippen molar-refractivity contribution in [3.63, 3.8) is 0 Å². The standard InChI is InChI=1S/C10H9IN2/c1-6-8(11)3-2-7-9(12)4-5-13-10(6)7/h2-5H,1H3,(H2,12,13). The fraction of sp³-hybridized carbons (Fsp3) is 0.100. The van der Waals surface area contributed by atoms with Gasteiger partial charge in [0, 0.05) is 20.8 Å². The molecule has 2 N–H and O–H groups in total. The van der Waals surface area contributed by atoms with Gasteiger partial charge in [-0.3, -0.25) is 4.98 Å². The van der Waals surface area contributed by atoms with Gasteiger partial charge >= 0.3 is 0 Å². The molecule has 0 bridgehead atoms. The second kappa shape index (κ2) is 3.14. The summed E-state index contributed by atoms with van der Waals surface area (Å²) in [6.45, 7) is 2.07. The maximum Gasteiger partial charge on any atom is 0.0762 e. The first-order chi connectivity index (χ1) is 6.20. The van der Waals surface area contributed by atoms with E-state index in [0.717, 1.165) is 16.6 Å². The molecule has 1 aromatic carbocycles. The maximum absolute atomic E-state index is 5.83. The van der Waals surface area contributed by atoms with Crippen molar-refractivity contribution in [1.29, 1.82) is 0 Å². The number of benzene rings is 1. The number of aryl methyl sites for hydroxylation is 1. The fourth-order valence-electron chi connectivity index (χ4n) is 1.36. The summed E-state index contributed by atoms with van der Waals surface area (Å²) in [5.41, 5.74) is 8.83. The van der Waals surface area contributed by atoms with Crippen LogP contribution in [0.15, 0.2) is 24.4 Å². The molecule has 0 saturated carbocycles. The van der Waals surface area contributed by atoms with Gasteiger partial charge in [-0.15, -0.1) is 0 Å². The number of nitrogens with zero attached hydrogens (tertiary/aromatic N) is 1. The molecule has 2 aromatic rings. The van der Waals surface area contributed by atoms with Crippen LogP contribution in [0.2, 0.25) is 0 Å². The smallest absolute Gasteiger partial charge is 0.0762 e. The van der Waals surface area contributed by atoms with Crippen LogP contribution in [0.3, 0.4) is 0 Å². The number of hydrogen-bond acceptors (Lipinski definition) is 2. The first kappa shape index (κ1) is 8.74. The molecule has 0 saturated heterocycles. The van der Waals surface area contributed by atoms with Gasteiger partial charge in [0.15, 0.2) is 0 Å². The fourth-order valence-corrected chi connectivity index (χ4v) is 1.79. The molecule has 0 unspecified atom stereocenters. The quantitative estimate of drug-likeness (QED) is 0.755. The zero-order valence-electron chi connectivity index (χ0n) is 7.21. The van der Waals surface area contributed by atoms with Gasteiger partial charge in [0.05, 0.1) is 5.52 Å². The van der Waals surface area contributed by atoms with Gasteiger partial charge in [-0.2, -0.15) is 0 Å². The van der Waals surface area contributed by atoms with Crippen molar-refractivity contribution < 1.29 is 0 Å². The van der Waals surface area contributed by atoms with E-state index in [2.05, 4.69) is 40.6 Å². The molecule has 0 radical (unpaired) electrons. The minimum absolute atomic E-state index is 0.796. The molecule has 1 aromatic heterocycles. The highest BCUT2D eigenvalue weighted by molar-refractivity contribution is 14.1. The summed E-state index contributed by atoms with van der Waals surface area (Å²) in [5.74, 6) is 0. The number of halogens is 1. The van der Waals surface area contributed by atoms with Gasteiger partial charge in [0.25, 0.3) is 0 Å². The average molecular weight is 284 g/mol. The molecule has 0 amide bonds. The van der Waals surface area contributed by atoms with E-state index in [1.807, 2.05) is 12.1 Å². The minimum Gasteiger partial charge on any atom is -0.398 e. The molecule has 0 fully saturated rings. The highest BCUT2D eigenvalue weighted by atomic mass is 127. The van der Waals surface area contributed by atoms with Crippen molar-refractivity contribution in [3.05, 3.63) is 33.5 Å². The van der Waals surface area contributed by atoms with Crippen LogP contribution in [-0.4, -0.2) is 4.98 Å². The lowest BCUT2D eigenvalue weighted by Crippen LogP contribution is -1.92. The van der Waals surface area contributed by atoms with Crippen LogP contribution in [0.25, 0.3) is 10.9 Å². The molecule has 2 rings (SSSR count). The minimum atomic E-state index is 0.796. The first-order valence-electron chi connectivity index (χ1n) is 3.99. The largest absolute Gasteiger partial charge is 0.398 e. The lowest BCUT2D eigenvalue weighted by atomic mass is 10.1. The predicted octanol–water partition coefficient (Wildman–Crippen LogP) is 2.73. The van der Waals surface area contributed by atoms with Gasteiger partial charge in [-0.1, -0.05) is 0 Å². The zero-order chi connectivity index (χ0) is 9.42. The van der Waals surface area contributed by atoms with Gasteiger partial charge in [-0.25, -0.2) is 0 Å². The van der Waals surface area contributed by atoms with Gasteiger partial charge in [-0.05, 0) is 53.3 Å². The Morgan fingerprint density at radius 1 is 1.31 bits per heavy atom. The lowest BCUT2D eigenvalue weighted by Gasteiger charge is -2.05. The number of pyridine rings is 1. The molecule has 0 atom stereocenters. The summed E-state index contributed by atoms with van der Waals surface area (Å²) < 4.78 is 1.23. The molecule has 0 aliphatic rings. The number of nitrogens with two attached hydrogens (primary N) is 1. The summed E-state index contributed by atoms with van der Waals surface area (Å²) in [5, 5.41) is 1.04. The number of hydrogen-bond donors (Lipinski definition) is 1. The monoisotopic (exact) mass is 284 g/mol. The highest BCUT2D eigenvalue weighted by Gasteiger charge is 2.03. The Morgan fingerprint density at radius 2 is 2.08 bits per heavy atom. The van der Waals surface area contributed by atoms with Crippen LogP contribution in [0.1, 0.15) is 5.56 Å². The van der Waals surface area contributed by atoms with Crippen LogP contribution in [-0.2, 0) is 0 Å². The van der Waals surface area contributed by atoms with Crippen LogP contribution in [0.4, 0.5) is 5.69 Å². The summed E-state index contributed by atoms with van der Waals surface area (Å²) in [6, 6.07) is 5.91. The van der Waals surface area contributed by atoms with Gasteiger partial charge in [0.2, 0.25) is 0 Å². The van der Waals surface area contributed by atoms with E-state index in [1.165, 1.54) is 9.13 Å². The van der Waals surface area contributed by atoms with Crippen molar-refractivity contribution in [2.45, 2.75) is 6.92 Å². The summed E-state index contributed by atoms with van der Waals surface area (Å²) in [7, 11) is 0. The van der Waals surface area contributed by atoms with Crippen molar-refractivity contribution in [3.8, 4) is 0 Å². The molecule has 66 valence electrons. The molecular weight excluding hydrogens is 275 g/mol. The van der Waals surface area contributed by atoms with Crippen molar-refractivity contribution >= 4 is 39.2 Å². The number of nitrogen functional groups attached to an aromatic ring is 1. The summed E-state index contributed by atoms with van der Waals surface area (Å²) >= 11 is 2.30. The highest BCUT2D eigenvalue weighted by Crippen LogP contribution is 2.24. The van der Waals surface area contributed by atoms with Crippen LogP contribution in [0.5, 0.6) is 0 Å². The van der Waals surface area contributed by atoms with E-state index < -0.39 is 0 Å². The predicted molar refractivity (Wildman–Crippen MR) is 63.6 cm³/mol. The van der Waals surface area contributed by atoms with Crippen LogP contribution in [0, 0.1) is 10.5 Å². The van der Waals surface area contributed by atoms with E-state index in [1.54, 1.807) is 6.20 Å². The molecule has 1 heterocycles. The number of aromatic nitrogens is 1. The topological polar surface area (TPSA) is 38.9 Å². The van der Waals surface area contributed by atoms with Crippen LogP contribution < -0.4 is 5.73 Å².